The van der Waals surface area contributed by atoms with Gasteiger partial charge in [-0.25, -0.2) is 8.42 Å². The number of anilines is 1. The number of halogens is 2. The first-order chi connectivity index (χ1) is 16.1. The number of fused-ring (bicyclic) bond motifs is 1. The van der Waals surface area contributed by atoms with Crippen molar-refractivity contribution in [1.82, 2.24) is 5.32 Å². The molecule has 0 spiro atoms. The second kappa shape index (κ2) is 9.98. The van der Waals surface area contributed by atoms with Crippen molar-refractivity contribution >= 4 is 44.8 Å². The van der Waals surface area contributed by atoms with Crippen LogP contribution >= 0.6 is 23.2 Å². The minimum atomic E-state index is -4.08. The molecule has 8 heteroatoms. The Morgan fingerprint density at radius 1 is 1.00 bits per heavy atom. The Bertz CT molecular complexity index is 1320. The molecule has 0 heterocycles. The summed E-state index contributed by atoms with van der Waals surface area (Å²) >= 11 is 12.5. The minimum absolute atomic E-state index is 0.0635. The maximum absolute atomic E-state index is 13.6. The van der Waals surface area contributed by atoms with E-state index in [9.17, 15) is 13.2 Å². The number of hydrogen-bond acceptors (Lipinski definition) is 3. The predicted molar refractivity (Wildman–Crippen MR) is 137 cm³/mol. The van der Waals surface area contributed by atoms with Crippen LogP contribution in [-0.4, -0.2) is 20.9 Å². The van der Waals surface area contributed by atoms with Crippen LogP contribution in [0.15, 0.2) is 65.6 Å². The lowest BCUT2D eigenvalue weighted by atomic mass is 10.0. The van der Waals surface area contributed by atoms with Crippen LogP contribution in [0.4, 0.5) is 5.69 Å². The van der Waals surface area contributed by atoms with Crippen LogP contribution in [0.1, 0.15) is 41.6 Å². The summed E-state index contributed by atoms with van der Waals surface area (Å²) in [6.07, 6.45) is 3.27. The highest BCUT2D eigenvalue weighted by molar-refractivity contribution is 7.92. The Morgan fingerprint density at radius 3 is 2.44 bits per heavy atom. The molecule has 0 radical (unpaired) electrons. The Hall–Kier alpha value is -2.54. The number of hydrogen-bond donors (Lipinski definition) is 1. The number of nitrogens with one attached hydrogen (secondary N) is 1. The molecule has 1 N–H and O–H groups in total. The first-order valence-electron chi connectivity index (χ1n) is 11.1. The SMILES string of the molecule is Cc1ccc(S(=O)(=O)N(CC(=O)NC(C)c2ccc3c(c2)CCC3)c2cc(Cl)ccc2Cl)cc1. The average molecular weight is 517 g/mol. The standard InChI is InChI=1S/C26H26Cl2N2O3S/c1-17-6-11-23(12-7-17)34(32,33)30(25-15-22(27)10-13-24(25)28)16-26(31)29-18(2)20-9-8-19-4-3-5-21(19)14-20/h6-15,18H,3-5,16H2,1-2H3,(H,29,31). The third kappa shape index (κ3) is 5.24. The molecule has 34 heavy (non-hydrogen) atoms. The van der Waals surface area contributed by atoms with Crippen molar-refractivity contribution < 1.29 is 13.2 Å². The van der Waals surface area contributed by atoms with E-state index in [4.69, 9.17) is 23.2 Å². The fourth-order valence-electron chi connectivity index (χ4n) is 4.18. The molecule has 0 bridgehead atoms. The van der Waals surface area contributed by atoms with Gasteiger partial charge in [-0.05, 0) is 80.1 Å². The molecule has 3 aromatic carbocycles. The zero-order valence-electron chi connectivity index (χ0n) is 19.0. The number of carbonyl (C=O) groups excluding carboxylic acids is 1. The van der Waals surface area contributed by atoms with E-state index in [2.05, 4.69) is 17.4 Å². The molecule has 1 atom stereocenters. The van der Waals surface area contributed by atoms with Crippen molar-refractivity contribution in [3.8, 4) is 0 Å². The third-order valence-corrected chi connectivity index (χ3v) is 8.40. The topological polar surface area (TPSA) is 66.5 Å². The van der Waals surface area contributed by atoms with Crippen molar-refractivity contribution in [1.29, 1.82) is 0 Å². The Kier molecular flexibility index (Phi) is 7.22. The van der Waals surface area contributed by atoms with Gasteiger partial charge >= 0.3 is 0 Å². The number of carbonyl (C=O) groups is 1. The Labute approximate surface area is 210 Å². The van der Waals surface area contributed by atoms with E-state index in [1.54, 1.807) is 18.2 Å². The van der Waals surface area contributed by atoms with E-state index in [-0.39, 0.29) is 21.6 Å². The summed E-state index contributed by atoms with van der Waals surface area (Å²) < 4.78 is 28.2. The van der Waals surface area contributed by atoms with Gasteiger partial charge in [-0.3, -0.25) is 9.10 Å². The molecule has 1 aliphatic carbocycles. The maximum atomic E-state index is 13.6. The van der Waals surface area contributed by atoms with Gasteiger partial charge in [-0.15, -0.1) is 0 Å². The minimum Gasteiger partial charge on any atom is -0.348 e. The quantitative estimate of drug-likeness (QED) is 0.427. The van der Waals surface area contributed by atoms with Crippen LogP contribution < -0.4 is 9.62 Å². The van der Waals surface area contributed by atoms with E-state index < -0.39 is 22.5 Å². The zero-order valence-corrected chi connectivity index (χ0v) is 21.3. The molecule has 1 unspecified atom stereocenters. The van der Waals surface area contributed by atoms with E-state index in [0.717, 1.165) is 34.7 Å². The van der Waals surface area contributed by atoms with Crippen molar-refractivity contribution in [3.63, 3.8) is 0 Å². The molecule has 5 nitrogen and oxygen atoms in total. The largest absolute Gasteiger partial charge is 0.348 e. The number of aryl methyl sites for hydroxylation is 3. The summed E-state index contributed by atoms with van der Waals surface area (Å²) in [5, 5.41) is 3.43. The first kappa shape index (κ1) is 24.6. The van der Waals surface area contributed by atoms with Crippen LogP contribution in [0.2, 0.25) is 10.0 Å². The van der Waals surface area contributed by atoms with Gasteiger partial charge in [-0.2, -0.15) is 0 Å². The van der Waals surface area contributed by atoms with E-state index in [1.807, 2.05) is 19.9 Å². The van der Waals surface area contributed by atoms with E-state index in [1.165, 1.54) is 35.4 Å². The Balaban J connectivity index is 1.62. The normalized spacial score (nSPS) is 13.9. The molecule has 0 aliphatic heterocycles. The van der Waals surface area contributed by atoms with Crippen LogP contribution in [0.5, 0.6) is 0 Å². The molecule has 4 rings (SSSR count). The molecule has 0 saturated heterocycles. The lowest BCUT2D eigenvalue weighted by Crippen LogP contribution is -2.41. The van der Waals surface area contributed by atoms with Gasteiger partial charge < -0.3 is 5.32 Å². The lowest BCUT2D eigenvalue weighted by molar-refractivity contribution is -0.120. The molecule has 0 aromatic heterocycles. The first-order valence-corrected chi connectivity index (χ1v) is 13.3. The maximum Gasteiger partial charge on any atom is 0.264 e. The Morgan fingerprint density at radius 2 is 1.71 bits per heavy atom. The second-order valence-corrected chi connectivity index (χ2v) is 11.3. The molecule has 1 aliphatic rings. The fourth-order valence-corrected chi connectivity index (χ4v) is 6.04. The van der Waals surface area contributed by atoms with Crippen molar-refractivity contribution in [2.45, 2.75) is 44.0 Å². The molecule has 178 valence electrons. The average Bonchev–Trinajstić information content (AvgIpc) is 3.27. The number of benzene rings is 3. The predicted octanol–water partition coefficient (Wildman–Crippen LogP) is 5.86. The van der Waals surface area contributed by atoms with Gasteiger partial charge in [0.05, 0.1) is 21.6 Å². The highest BCUT2D eigenvalue weighted by atomic mass is 35.5. The monoisotopic (exact) mass is 516 g/mol. The molecular weight excluding hydrogens is 491 g/mol. The zero-order chi connectivity index (χ0) is 24.5. The molecule has 3 aromatic rings. The van der Waals surface area contributed by atoms with Crippen LogP contribution in [0, 0.1) is 6.92 Å². The van der Waals surface area contributed by atoms with Gasteiger partial charge in [0.1, 0.15) is 6.54 Å². The smallest absolute Gasteiger partial charge is 0.264 e. The molecular formula is C26H26Cl2N2O3S. The number of rotatable bonds is 7. The summed E-state index contributed by atoms with van der Waals surface area (Å²) in [7, 11) is -4.08. The van der Waals surface area contributed by atoms with Crippen LogP contribution in [-0.2, 0) is 27.7 Å². The molecule has 1 amide bonds. The van der Waals surface area contributed by atoms with Crippen LogP contribution in [0.25, 0.3) is 0 Å². The number of sulfonamides is 1. The van der Waals surface area contributed by atoms with Crippen molar-refractivity contribution in [2.75, 3.05) is 10.8 Å². The van der Waals surface area contributed by atoms with Crippen molar-refractivity contribution in [2.24, 2.45) is 0 Å². The van der Waals surface area contributed by atoms with Gasteiger partial charge in [0.15, 0.2) is 0 Å². The number of nitrogens with zero attached hydrogens (tertiary/aromatic N) is 1. The van der Waals surface area contributed by atoms with E-state index in [0.29, 0.717) is 5.02 Å². The second-order valence-electron chi connectivity index (χ2n) is 8.59. The highest BCUT2D eigenvalue weighted by Gasteiger charge is 2.29. The summed E-state index contributed by atoms with van der Waals surface area (Å²) in [6.45, 7) is 3.32. The lowest BCUT2D eigenvalue weighted by Gasteiger charge is -2.26. The summed E-state index contributed by atoms with van der Waals surface area (Å²) in [5.41, 5.74) is 4.73. The van der Waals surface area contributed by atoms with Crippen molar-refractivity contribution in [3.05, 3.63) is 93.0 Å². The molecule has 0 saturated carbocycles. The van der Waals surface area contributed by atoms with Crippen LogP contribution in [0.3, 0.4) is 0 Å². The summed E-state index contributed by atoms with van der Waals surface area (Å²) in [5.74, 6) is -0.445. The molecule has 0 fully saturated rings. The summed E-state index contributed by atoms with van der Waals surface area (Å²) in [4.78, 5) is 13.1. The van der Waals surface area contributed by atoms with Gasteiger partial charge in [0, 0.05) is 5.02 Å². The van der Waals surface area contributed by atoms with E-state index >= 15 is 0 Å². The number of amides is 1. The van der Waals surface area contributed by atoms with Gasteiger partial charge in [0.25, 0.3) is 10.0 Å². The van der Waals surface area contributed by atoms with Gasteiger partial charge in [-0.1, -0.05) is 59.1 Å². The highest BCUT2D eigenvalue weighted by Crippen LogP contribution is 2.33. The fraction of sp³-hybridized carbons (Fsp3) is 0.269. The third-order valence-electron chi connectivity index (χ3n) is 6.07. The van der Waals surface area contributed by atoms with Gasteiger partial charge in [0.2, 0.25) is 5.91 Å². The summed E-state index contributed by atoms with van der Waals surface area (Å²) in [6, 6.07) is 17.0.